The fourth-order valence-electron chi connectivity index (χ4n) is 2.16. The second kappa shape index (κ2) is 7.62. The monoisotopic (exact) mass is 335 g/mol. The summed E-state index contributed by atoms with van der Waals surface area (Å²) in [6.07, 6.45) is 0. The Balaban J connectivity index is 2.20. The largest absolute Gasteiger partial charge is 0.479 e. The van der Waals surface area contributed by atoms with E-state index in [-0.39, 0.29) is 11.9 Å². The Hall–Kier alpha value is -2.84. The van der Waals surface area contributed by atoms with Gasteiger partial charge in [-0.15, -0.1) is 10.2 Å². The van der Waals surface area contributed by atoms with Crippen molar-refractivity contribution in [2.24, 2.45) is 5.92 Å². The highest BCUT2D eigenvalue weighted by molar-refractivity contribution is 5.91. The number of nitrogens with one attached hydrogen (secondary N) is 2. The number of aromatic nitrogens is 3. The number of urea groups is 1. The van der Waals surface area contributed by atoms with Crippen molar-refractivity contribution in [1.29, 1.82) is 0 Å². The molecule has 2 amide bonds. The number of rotatable bonds is 6. The number of hydrogen-bond donors (Lipinski definition) is 2. The van der Waals surface area contributed by atoms with Crippen molar-refractivity contribution in [3.8, 4) is 5.88 Å². The number of nitrogens with zero attached hydrogens (tertiary/aromatic N) is 3. The molecule has 0 saturated carbocycles. The van der Waals surface area contributed by atoms with E-state index in [1.807, 2.05) is 20.8 Å². The number of carbonyl (C=O) groups is 2. The molecule has 1 unspecified atom stereocenters. The van der Waals surface area contributed by atoms with Crippen LogP contribution in [0.15, 0.2) is 18.2 Å². The normalized spacial score (nSPS) is 12.0. The number of esters is 1. The summed E-state index contributed by atoms with van der Waals surface area (Å²) >= 11 is 0. The molecule has 0 spiro atoms. The molecule has 0 aromatic carbocycles. The third kappa shape index (κ3) is 3.73. The van der Waals surface area contributed by atoms with E-state index in [9.17, 15) is 9.59 Å². The standard InChI is InChI=1S/C15H21N5O4/c1-5-24-11-8-6-7-10-18-19-14(20(10)11)17-15(22)16-12(9(2)3)13(21)23-4/h6-9,12H,5H2,1-4H3,(H2,16,17,19,22). The van der Waals surface area contributed by atoms with Gasteiger partial charge in [-0.2, -0.15) is 0 Å². The first-order valence-corrected chi connectivity index (χ1v) is 7.60. The van der Waals surface area contributed by atoms with Gasteiger partial charge < -0.3 is 14.8 Å². The molecule has 2 aromatic rings. The quantitative estimate of drug-likeness (QED) is 0.774. The number of anilines is 1. The van der Waals surface area contributed by atoms with E-state index >= 15 is 0 Å². The minimum atomic E-state index is -0.763. The number of carbonyl (C=O) groups excluding carboxylic acids is 2. The molecule has 24 heavy (non-hydrogen) atoms. The zero-order chi connectivity index (χ0) is 17.7. The van der Waals surface area contributed by atoms with E-state index in [0.29, 0.717) is 18.1 Å². The molecule has 130 valence electrons. The highest BCUT2D eigenvalue weighted by atomic mass is 16.5. The Morgan fingerprint density at radius 1 is 1.29 bits per heavy atom. The Bertz CT molecular complexity index is 728. The number of hydrogen-bond acceptors (Lipinski definition) is 6. The number of pyridine rings is 1. The van der Waals surface area contributed by atoms with E-state index in [2.05, 4.69) is 20.8 Å². The SMILES string of the molecule is CCOc1cccc2nnc(NC(=O)NC(C(=O)OC)C(C)C)n12. The van der Waals surface area contributed by atoms with Gasteiger partial charge in [0.15, 0.2) is 5.65 Å². The summed E-state index contributed by atoms with van der Waals surface area (Å²) in [6.45, 7) is 5.93. The number of ether oxygens (including phenoxy) is 2. The van der Waals surface area contributed by atoms with Crippen LogP contribution < -0.4 is 15.4 Å². The van der Waals surface area contributed by atoms with Crippen molar-refractivity contribution in [3.05, 3.63) is 18.2 Å². The number of amides is 2. The molecule has 2 aromatic heterocycles. The fraction of sp³-hybridized carbons (Fsp3) is 0.467. The fourth-order valence-corrected chi connectivity index (χ4v) is 2.16. The summed E-state index contributed by atoms with van der Waals surface area (Å²) in [5.41, 5.74) is 0.532. The maximum atomic E-state index is 12.2. The van der Waals surface area contributed by atoms with Gasteiger partial charge in [0, 0.05) is 0 Å². The Morgan fingerprint density at radius 3 is 2.67 bits per heavy atom. The topological polar surface area (TPSA) is 107 Å². The van der Waals surface area contributed by atoms with Gasteiger partial charge in [0.1, 0.15) is 6.04 Å². The van der Waals surface area contributed by atoms with Crippen molar-refractivity contribution >= 4 is 23.6 Å². The van der Waals surface area contributed by atoms with Gasteiger partial charge >= 0.3 is 12.0 Å². The summed E-state index contributed by atoms with van der Waals surface area (Å²) in [7, 11) is 1.28. The van der Waals surface area contributed by atoms with Crippen molar-refractivity contribution < 1.29 is 19.1 Å². The second-order valence-electron chi connectivity index (χ2n) is 5.36. The molecular weight excluding hydrogens is 314 g/mol. The zero-order valence-electron chi connectivity index (χ0n) is 14.1. The average Bonchev–Trinajstić information content (AvgIpc) is 2.96. The third-order valence-electron chi connectivity index (χ3n) is 3.32. The van der Waals surface area contributed by atoms with Crippen LogP contribution in [0.3, 0.4) is 0 Å². The van der Waals surface area contributed by atoms with E-state index in [1.54, 1.807) is 22.6 Å². The zero-order valence-corrected chi connectivity index (χ0v) is 14.1. The van der Waals surface area contributed by atoms with Gasteiger partial charge in [-0.3, -0.25) is 5.32 Å². The minimum Gasteiger partial charge on any atom is -0.479 e. The van der Waals surface area contributed by atoms with Gasteiger partial charge in [0.05, 0.1) is 13.7 Å². The second-order valence-corrected chi connectivity index (χ2v) is 5.36. The molecule has 0 aliphatic heterocycles. The summed E-state index contributed by atoms with van der Waals surface area (Å²) in [5.74, 6) is 0.0567. The van der Waals surface area contributed by atoms with Crippen LogP contribution in [0.4, 0.5) is 10.7 Å². The van der Waals surface area contributed by atoms with Crippen molar-refractivity contribution in [2.45, 2.75) is 26.8 Å². The van der Waals surface area contributed by atoms with Gasteiger partial charge in [-0.05, 0) is 25.0 Å². The van der Waals surface area contributed by atoms with Gasteiger partial charge in [0.2, 0.25) is 11.8 Å². The lowest BCUT2D eigenvalue weighted by Gasteiger charge is -2.19. The Kier molecular flexibility index (Phi) is 5.56. The lowest BCUT2D eigenvalue weighted by Crippen LogP contribution is -2.46. The lowest BCUT2D eigenvalue weighted by molar-refractivity contribution is -0.143. The number of methoxy groups -OCH3 is 1. The summed E-state index contributed by atoms with van der Waals surface area (Å²) in [6, 6.07) is 3.92. The highest BCUT2D eigenvalue weighted by Gasteiger charge is 2.25. The van der Waals surface area contributed by atoms with Crippen molar-refractivity contribution in [3.63, 3.8) is 0 Å². The maximum absolute atomic E-state index is 12.2. The minimum absolute atomic E-state index is 0.127. The van der Waals surface area contributed by atoms with Crippen LogP contribution in [0.2, 0.25) is 0 Å². The highest BCUT2D eigenvalue weighted by Crippen LogP contribution is 2.18. The van der Waals surface area contributed by atoms with Gasteiger partial charge in [-0.1, -0.05) is 19.9 Å². The summed E-state index contributed by atoms with van der Waals surface area (Å²) < 4.78 is 11.8. The average molecular weight is 335 g/mol. The molecule has 2 rings (SSSR count). The smallest absolute Gasteiger partial charge is 0.328 e. The molecular formula is C15H21N5O4. The lowest BCUT2D eigenvalue weighted by atomic mass is 10.1. The van der Waals surface area contributed by atoms with Gasteiger partial charge in [0.25, 0.3) is 0 Å². The van der Waals surface area contributed by atoms with Crippen LogP contribution in [-0.2, 0) is 9.53 Å². The maximum Gasteiger partial charge on any atom is 0.328 e. The molecule has 0 aliphatic rings. The molecule has 0 saturated heterocycles. The van der Waals surface area contributed by atoms with E-state index in [1.165, 1.54) is 7.11 Å². The van der Waals surface area contributed by atoms with Crippen molar-refractivity contribution in [1.82, 2.24) is 19.9 Å². The Labute approximate surface area is 139 Å². The Morgan fingerprint density at radius 2 is 2.04 bits per heavy atom. The molecule has 9 nitrogen and oxygen atoms in total. The molecule has 9 heteroatoms. The summed E-state index contributed by atoms with van der Waals surface area (Å²) in [4.78, 5) is 23.9. The van der Waals surface area contributed by atoms with Crippen LogP contribution >= 0.6 is 0 Å². The first-order valence-electron chi connectivity index (χ1n) is 7.60. The first-order chi connectivity index (χ1) is 11.5. The van der Waals surface area contributed by atoms with Crippen molar-refractivity contribution in [2.75, 3.05) is 19.0 Å². The molecule has 0 fully saturated rings. The summed E-state index contributed by atoms with van der Waals surface area (Å²) in [5, 5.41) is 13.1. The molecule has 0 aliphatic carbocycles. The molecule has 2 N–H and O–H groups in total. The van der Waals surface area contributed by atoms with Crippen LogP contribution in [0.5, 0.6) is 5.88 Å². The van der Waals surface area contributed by atoms with Crippen LogP contribution in [0.25, 0.3) is 5.65 Å². The van der Waals surface area contributed by atoms with E-state index in [4.69, 9.17) is 9.47 Å². The molecule has 0 radical (unpaired) electrons. The molecule has 0 bridgehead atoms. The predicted molar refractivity (Wildman–Crippen MR) is 87.0 cm³/mol. The predicted octanol–water partition coefficient (Wildman–Crippen LogP) is 1.45. The van der Waals surface area contributed by atoms with Crippen LogP contribution in [0, 0.1) is 5.92 Å². The number of fused-ring (bicyclic) bond motifs is 1. The van der Waals surface area contributed by atoms with E-state index < -0.39 is 18.0 Å². The van der Waals surface area contributed by atoms with Crippen LogP contribution in [-0.4, -0.2) is 46.4 Å². The van der Waals surface area contributed by atoms with Crippen LogP contribution in [0.1, 0.15) is 20.8 Å². The van der Waals surface area contributed by atoms with E-state index in [0.717, 1.165) is 0 Å². The van der Waals surface area contributed by atoms with Gasteiger partial charge in [-0.25, -0.2) is 14.0 Å². The molecule has 2 heterocycles. The first kappa shape index (κ1) is 17.5. The molecule has 1 atom stereocenters. The third-order valence-corrected chi connectivity index (χ3v) is 3.32.